The molecule has 0 saturated heterocycles. The number of carbonyl (C=O) groups is 1. The van der Waals surface area contributed by atoms with E-state index in [1.165, 1.54) is 0 Å². The van der Waals surface area contributed by atoms with E-state index in [4.69, 9.17) is 11.6 Å². The van der Waals surface area contributed by atoms with Crippen molar-refractivity contribution in [3.05, 3.63) is 64.4 Å². The van der Waals surface area contributed by atoms with Crippen molar-refractivity contribution in [2.45, 2.75) is 6.54 Å². The lowest BCUT2D eigenvalue weighted by Crippen LogP contribution is -1.94. The van der Waals surface area contributed by atoms with Crippen molar-refractivity contribution in [3.63, 3.8) is 0 Å². The standard InChI is InChI=1S/C14H10ClNO/c15-12-4-1-3-10(8-12)7-11-9-16-6-2-5-13(16)14(11)17/h1-8H,9H2. The van der Waals surface area contributed by atoms with E-state index in [1.807, 2.05) is 53.2 Å². The normalized spacial score (nSPS) is 16.5. The van der Waals surface area contributed by atoms with Crippen molar-refractivity contribution >= 4 is 23.5 Å². The fraction of sp³-hybridized carbons (Fsp3) is 0.0714. The third kappa shape index (κ3) is 1.81. The van der Waals surface area contributed by atoms with E-state index in [1.54, 1.807) is 0 Å². The molecule has 1 aliphatic rings. The van der Waals surface area contributed by atoms with Gasteiger partial charge in [-0.2, -0.15) is 0 Å². The maximum Gasteiger partial charge on any atom is 0.207 e. The molecule has 0 saturated carbocycles. The molecule has 0 atom stereocenters. The second-order valence-corrected chi connectivity index (χ2v) is 4.51. The van der Waals surface area contributed by atoms with E-state index in [-0.39, 0.29) is 5.78 Å². The van der Waals surface area contributed by atoms with Gasteiger partial charge < -0.3 is 4.57 Å². The highest BCUT2D eigenvalue weighted by molar-refractivity contribution is 6.30. The summed E-state index contributed by atoms with van der Waals surface area (Å²) >= 11 is 5.92. The molecule has 2 aromatic rings. The number of carbonyl (C=O) groups excluding carboxylic acids is 1. The number of aromatic nitrogens is 1. The van der Waals surface area contributed by atoms with Crippen molar-refractivity contribution in [2.75, 3.05) is 0 Å². The van der Waals surface area contributed by atoms with Crippen LogP contribution in [0.3, 0.4) is 0 Å². The molecule has 0 unspecified atom stereocenters. The zero-order valence-corrected chi connectivity index (χ0v) is 9.82. The maximum absolute atomic E-state index is 12.0. The first kappa shape index (κ1) is 10.4. The van der Waals surface area contributed by atoms with E-state index in [0.717, 1.165) is 16.8 Å². The quantitative estimate of drug-likeness (QED) is 0.704. The van der Waals surface area contributed by atoms with Gasteiger partial charge in [-0.15, -0.1) is 0 Å². The molecular weight excluding hydrogens is 234 g/mol. The lowest BCUT2D eigenvalue weighted by atomic mass is 10.1. The zero-order chi connectivity index (χ0) is 11.8. The molecule has 3 rings (SSSR count). The summed E-state index contributed by atoms with van der Waals surface area (Å²) in [5, 5.41) is 0.685. The molecule has 0 aliphatic carbocycles. The Kier molecular flexibility index (Phi) is 2.37. The number of fused-ring (bicyclic) bond motifs is 1. The minimum Gasteiger partial charge on any atom is -0.340 e. The molecular formula is C14H10ClNO. The first-order chi connectivity index (χ1) is 8.24. The van der Waals surface area contributed by atoms with Crippen LogP contribution in [0.1, 0.15) is 16.1 Å². The highest BCUT2D eigenvalue weighted by Gasteiger charge is 2.23. The summed E-state index contributed by atoms with van der Waals surface area (Å²) in [6, 6.07) is 11.2. The molecule has 2 heterocycles. The highest BCUT2D eigenvalue weighted by Crippen LogP contribution is 2.23. The molecule has 1 aromatic carbocycles. The first-order valence-electron chi connectivity index (χ1n) is 5.40. The Morgan fingerprint density at radius 3 is 2.88 bits per heavy atom. The summed E-state index contributed by atoms with van der Waals surface area (Å²) < 4.78 is 1.96. The van der Waals surface area contributed by atoms with Crippen molar-refractivity contribution in [2.24, 2.45) is 0 Å². The van der Waals surface area contributed by atoms with Gasteiger partial charge in [0.05, 0.1) is 12.2 Å². The van der Waals surface area contributed by atoms with Gasteiger partial charge in [0.15, 0.2) is 0 Å². The number of benzene rings is 1. The molecule has 2 nitrogen and oxygen atoms in total. The van der Waals surface area contributed by atoms with Gasteiger partial charge in [0.25, 0.3) is 0 Å². The number of ketones is 1. The van der Waals surface area contributed by atoms with Crippen LogP contribution in [0.4, 0.5) is 0 Å². The lowest BCUT2D eigenvalue weighted by Gasteiger charge is -1.97. The van der Waals surface area contributed by atoms with Crippen molar-refractivity contribution < 1.29 is 4.79 Å². The molecule has 17 heavy (non-hydrogen) atoms. The Labute approximate surface area is 104 Å². The maximum atomic E-state index is 12.0. The van der Waals surface area contributed by atoms with Gasteiger partial charge in [0, 0.05) is 16.8 Å². The average Bonchev–Trinajstić information content (AvgIpc) is 2.84. The smallest absolute Gasteiger partial charge is 0.207 e. The molecule has 1 aromatic heterocycles. The number of Topliss-reactive ketones (excluding diaryl/α,β-unsaturated/α-hetero) is 1. The van der Waals surface area contributed by atoms with Gasteiger partial charge in [-0.3, -0.25) is 4.79 Å². The Hall–Kier alpha value is -1.80. The van der Waals surface area contributed by atoms with E-state index in [0.29, 0.717) is 11.6 Å². The van der Waals surface area contributed by atoms with Crippen LogP contribution in [0.5, 0.6) is 0 Å². The van der Waals surface area contributed by atoms with Crippen LogP contribution in [0.25, 0.3) is 6.08 Å². The number of rotatable bonds is 1. The van der Waals surface area contributed by atoms with Crippen LogP contribution >= 0.6 is 11.6 Å². The first-order valence-corrected chi connectivity index (χ1v) is 5.78. The summed E-state index contributed by atoms with van der Waals surface area (Å²) in [5.74, 6) is 0.106. The molecule has 1 aliphatic heterocycles. The SMILES string of the molecule is O=C1C(=Cc2cccc(Cl)c2)Cn2cccc21. The predicted octanol–water partition coefficient (Wildman–Crippen LogP) is 3.42. The third-order valence-corrected chi connectivity index (χ3v) is 3.12. The molecule has 0 bridgehead atoms. The summed E-state index contributed by atoms with van der Waals surface area (Å²) in [6.07, 6.45) is 3.83. The Morgan fingerprint density at radius 1 is 1.24 bits per heavy atom. The second kappa shape index (κ2) is 3.90. The molecule has 3 heteroatoms. The van der Waals surface area contributed by atoms with Gasteiger partial charge >= 0.3 is 0 Å². The fourth-order valence-corrected chi connectivity index (χ4v) is 2.29. The summed E-state index contributed by atoms with van der Waals surface area (Å²) in [7, 11) is 0. The molecule has 0 spiro atoms. The van der Waals surface area contributed by atoms with E-state index >= 15 is 0 Å². The molecule has 0 fully saturated rings. The number of hydrogen-bond acceptors (Lipinski definition) is 1. The zero-order valence-electron chi connectivity index (χ0n) is 9.06. The Bertz CT molecular complexity index is 625. The Morgan fingerprint density at radius 2 is 2.12 bits per heavy atom. The van der Waals surface area contributed by atoms with Crippen LogP contribution in [-0.4, -0.2) is 10.4 Å². The molecule has 0 radical (unpaired) electrons. The van der Waals surface area contributed by atoms with Crippen LogP contribution in [-0.2, 0) is 6.54 Å². The van der Waals surface area contributed by atoms with Gasteiger partial charge in [-0.05, 0) is 35.9 Å². The molecule has 84 valence electrons. The van der Waals surface area contributed by atoms with Crippen LogP contribution < -0.4 is 0 Å². The van der Waals surface area contributed by atoms with Crippen molar-refractivity contribution in [1.29, 1.82) is 0 Å². The lowest BCUT2D eigenvalue weighted by molar-refractivity contribution is 0.103. The predicted molar refractivity (Wildman–Crippen MR) is 68.2 cm³/mol. The van der Waals surface area contributed by atoms with E-state index in [9.17, 15) is 4.79 Å². The monoisotopic (exact) mass is 243 g/mol. The van der Waals surface area contributed by atoms with Gasteiger partial charge in [-0.25, -0.2) is 0 Å². The van der Waals surface area contributed by atoms with Gasteiger partial charge in [0.1, 0.15) is 0 Å². The molecule has 0 amide bonds. The summed E-state index contributed by atoms with van der Waals surface area (Å²) in [4.78, 5) is 12.0. The van der Waals surface area contributed by atoms with Crippen LogP contribution in [0, 0.1) is 0 Å². The Balaban J connectivity index is 1.97. The molecule has 0 N–H and O–H groups in total. The minimum atomic E-state index is 0.106. The number of halogens is 1. The van der Waals surface area contributed by atoms with Gasteiger partial charge in [-0.1, -0.05) is 23.7 Å². The topological polar surface area (TPSA) is 22.0 Å². The van der Waals surface area contributed by atoms with Crippen LogP contribution in [0.2, 0.25) is 5.02 Å². The number of nitrogens with zero attached hydrogens (tertiary/aromatic N) is 1. The highest BCUT2D eigenvalue weighted by atomic mass is 35.5. The fourth-order valence-electron chi connectivity index (χ4n) is 2.09. The largest absolute Gasteiger partial charge is 0.340 e. The van der Waals surface area contributed by atoms with E-state index in [2.05, 4.69) is 0 Å². The number of hydrogen-bond donors (Lipinski definition) is 0. The minimum absolute atomic E-state index is 0.106. The van der Waals surface area contributed by atoms with Crippen LogP contribution in [0.15, 0.2) is 48.2 Å². The average molecular weight is 244 g/mol. The van der Waals surface area contributed by atoms with E-state index < -0.39 is 0 Å². The van der Waals surface area contributed by atoms with Crippen molar-refractivity contribution in [1.82, 2.24) is 4.57 Å². The van der Waals surface area contributed by atoms with Crippen molar-refractivity contribution in [3.8, 4) is 0 Å². The third-order valence-electron chi connectivity index (χ3n) is 2.88. The summed E-state index contributed by atoms with van der Waals surface area (Å²) in [6.45, 7) is 0.647. The van der Waals surface area contributed by atoms with Gasteiger partial charge in [0.2, 0.25) is 5.78 Å². The second-order valence-electron chi connectivity index (χ2n) is 4.08. The summed E-state index contributed by atoms with van der Waals surface area (Å²) in [5.41, 5.74) is 2.53. The number of allylic oxidation sites excluding steroid dienone is 1.